The fourth-order valence-corrected chi connectivity index (χ4v) is 3.29. The summed E-state index contributed by atoms with van der Waals surface area (Å²) < 4.78 is 0. The molecule has 110 valence electrons. The molecule has 0 atom stereocenters. The Morgan fingerprint density at radius 2 is 1.73 bits per heavy atom. The highest BCUT2D eigenvalue weighted by molar-refractivity contribution is 7.99. The summed E-state index contributed by atoms with van der Waals surface area (Å²) in [7, 11) is 0. The van der Waals surface area contributed by atoms with E-state index in [0.717, 1.165) is 0 Å². The summed E-state index contributed by atoms with van der Waals surface area (Å²) >= 11 is 1.35. The molecule has 0 fully saturated rings. The lowest BCUT2D eigenvalue weighted by atomic mass is 9.83. The van der Waals surface area contributed by atoms with Gasteiger partial charge < -0.3 is 10.8 Å². The van der Waals surface area contributed by atoms with Gasteiger partial charge >= 0.3 is 0 Å². The molecule has 0 bridgehead atoms. The molecule has 2 aromatic rings. The average Bonchev–Trinajstić information content (AvgIpc) is 2.53. The van der Waals surface area contributed by atoms with Gasteiger partial charge in [0.15, 0.2) is 11.6 Å². The van der Waals surface area contributed by atoms with Gasteiger partial charge in [0.05, 0.1) is 16.8 Å². The summed E-state index contributed by atoms with van der Waals surface area (Å²) in [6.45, 7) is 3.63. The third kappa shape index (κ3) is 2.02. The Kier molecular flexibility index (Phi) is 3.50. The molecule has 0 saturated heterocycles. The van der Waals surface area contributed by atoms with Crippen molar-refractivity contribution in [2.75, 3.05) is 11.5 Å². The largest absolute Gasteiger partial charge is 0.507 e. The van der Waals surface area contributed by atoms with E-state index in [9.17, 15) is 14.7 Å². The molecule has 2 aromatic carbocycles. The zero-order valence-electron chi connectivity index (χ0n) is 11.6. The van der Waals surface area contributed by atoms with E-state index >= 15 is 0 Å². The van der Waals surface area contributed by atoms with Gasteiger partial charge in [0.25, 0.3) is 0 Å². The molecule has 0 spiro atoms. The highest BCUT2D eigenvalue weighted by Crippen LogP contribution is 2.41. The highest BCUT2D eigenvalue weighted by Gasteiger charge is 2.34. The van der Waals surface area contributed by atoms with Crippen LogP contribution in [0.2, 0.25) is 0 Å². The molecule has 0 heterocycles. The van der Waals surface area contributed by atoms with Crippen molar-refractivity contribution in [1.29, 1.82) is 0 Å². The number of carbonyl (C=O) groups excluding carboxylic acids is 2. The zero-order valence-corrected chi connectivity index (χ0v) is 12.4. The molecule has 0 radical (unpaired) electrons. The Balaban J connectivity index is 2.26. The van der Waals surface area contributed by atoms with E-state index < -0.39 is 0 Å². The van der Waals surface area contributed by atoms with E-state index in [4.69, 9.17) is 5.73 Å². The quantitative estimate of drug-likeness (QED) is 0.336. The molecule has 0 saturated carbocycles. The molecule has 3 rings (SSSR count). The van der Waals surface area contributed by atoms with Crippen molar-refractivity contribution < 1.29 is 14.7 Å². The second-order valence-corrected chi connectivity index (χ2v) is 5.92. The Labute approximate surface area is 131 Å². The predicted octanol–water partition coefficient (Wildman–Crippen LogP) is 3.03. The number of benzene rings is 2. The third-order valence-corrected chi connectivity index (χ3v) is 4.59. The number of rotatable bonds is 3. The van der Waals surface area contributed by atoms with E-state index in [2.05, 4.69) is 6.58 Å². The fraction of sp³-hybridized carbons (Fsp3) is 0.0588. The Hall–Kier alpha value is -2.53. The molecular formula is C17H13NO3S. The van der Waals surface area contributed by atoms with Crippen molar-refractivity contribution in [3.05, 3.63) is 65.2 Å². The molecule has 1 aliphatic rings. The van der Waals surface area contributed by atoms with Crippen LogP contribution in [0.3, 0.4) is 0 Å². The van der Waals surface area contributed by atoms with Crippen LogP contribution in [0.1, 0.15) is 31.8 Å². The standard InChI is InChI=1S/C17H13NO3S/c1-2-7-22-12-8-11(19)13-14(15(12)18)17(21)10-6-4-3-5-9(10)16(13)20/h2-6,8,19H,1,7,18H2. The summed E-state index contributed by atoms with van der Waals surface area (Å²) in [5.74, 6) is -0.349. The summed E-state index contributed by atoms with van der Waals surface area (Å²) in [5.41, 5.74) is 7.01. The van der Waals surface area contributed by atoms with Gasteiger partial charge in [-0.05, 0) is 6.07 Å². The second kappa shape index (κ2) is 5.35. The molecule has 5 heteroatoms. The van der Waals surface area contributed by atoms with Gasteiger partial charge in [-0.15, -0.1) is 18.3 Å². The molecule has 0 aromatic heterocycles. The first kappa shape index (κ1) is 14.4. The first-order valence-electron chi connectivity index (χ1n) is 6.63. The fourth-order valence-electron chi connectivity index (χ4n) is 2.54. The van der Waals surface area contributed by atoms with Gasteiger partial charge in [-0.25, -0.2) is 0 Å². The van der Waals surface area contributed by atoms with Crippen LogP contribution in [-0.4, -0.2) is 22.4 Å². The van der Waals surface area contributed by atoms with Crippen LogP contribution in [0.25, 0.3) is 0 Å². The molecule has 22 heavy (non-hydrogen) atoms. The minimum absolute atomic E-state index is 0.0100. The summed E-state index contributed by atoms with van der Waals surface area (Å²) in [5, 5.41) is 10.2. The number of carbonyl (C=O) groups is 2. The summed E-state index contributed by atoms with van der Waals surface area (Å²) in [6, 6.07) is 7.99. The van der Waals surface area contributed by atoms with Gasteiger partial charge in [-0.3, -0.25) is 9.59 Å². The number of nitrogens with two attached hydrogens (primary N) is 1. The lowest BCUT2D eigenvalue weighted by Gasteiger charge is -2.21. The number of phenols is 1. The SMILES string of the molecule is C=CCSc1cc(O)c2c(c1N)C(=O)c1ccccc1C2=O. The van der Waals surface area contributed by atoms with Crippen LogP contribution in [-0.2, 0) is 0 Å². The Morgan fingerprint density at radius 1 is 1.14 bits per heavy atom. The molecule has 0 amide bonds. The third-order valence-electron chi connectivity index (χ3n) is 3.54. The zero-order chi connectivity index (χ0) is 15.9. The van der Waals surface area contributed by atoms with Crippen molar-refractivity contribution in [2.45, 2.75) is 4.90 Å². The van der Waals surface area contributed by atoms with Crippen LogP contribution < -0.4 is 5.73 Å². The highest BCUT2D eigenvalue weighted by atomic mass is 32.2. The summed E-state index contributed by atoms with van der Waals surface area (Å²) in [4.78, 5) is 25.8. The van der Waals surface area contributed by atoms with Gasteiger partial charge in [0.2, 0.25) is 0 Å². The smallest absolute Gasteiger partial charge is 0.198 e. The van der Waals surface area contributed by atoms with Gasteiger partial charge in [-0.1, -0.05) is 30.3 Å². The van der Waals surface area contributed by atoms with Crippen molar-refractivity contribution >= 4 is 29.0 Å². The van der Waals surface area contributed by atoms with Crippen molar-refractivity contribution in [2.24, 2.45) is 0 Å². The van der Waals surface area contributed by atoms with Gasteiger partial charge in [-0.2, -0.15) is 0 Å². The number of hydrogen-bond acceptors (Lipinski definition) is 5. The lowest BCUT2D eigenvalue weighted by molar-refractivity contribution is 0.0977. The van der Waals surface area contributed by atoms with Crippen molar-refractivity contribution in [3.8, 4) is 5.75 Å². The number of ketones is 2. The van der Waals surface area contributed by atoms with E-state index in [1.807, 2.05) is 0 Å². The molecule has 0 unspecified atom stereocenters. The lowest BCUT2D eigenvalue weighted by Crippen LogP contribution is -2.22. The normalized spacial score (nSPS) is 12.7. The maximum Gasteiger partial charge on any atom is 0.198 e. The first-order chi connectivity index (χ1) is 10.6. The number of anilines is 1. The number of fused-ring (bicyclic) bond motifs is 2. The minimum Gasteiger partial charge on any atom is -0.507 e. The maximum atomic E-state index is 12.7. The van der Waals surface area contributed by atoms with Crippen LogP contribution in [0.4, 0.5) is 5.69 Å². The Morgan fingerprint density at radius 3 is 2.32 bits per heavy atom. The minimum atomic E-state index is -0.380. The first-order valence-corrected chi connectivity index (χ1v) is 7.62. The number of hydrogen-bond donors (Lipinski definition) is 2. The molecule has 1 aliphatic carbocycles. The van der Waals surface area contributed by atoms with Crippen molar-refractivity contribution in [3.63, 3.8) is 0 Å². The molecular weight excluding hydrogens is 298 g/mol. The monoisotopic (exact) mass is 311 g/mol. The second-order valence-electron chi connectivity index (χ2n) is 4.86. The van der Waals surface area contributed by atoms with Crippen LogP contribution in [0.5, 0.6) is 5.75 Å². The topological polar surface area (TPSA) is 80.4 Å². The van der Waals surface area contributed by atoms with Gasteiger partial charge in [0.1, 0.15) is 5.75 Å². The Bertz CT molecular complexity index is 827. The molecule has 3 N–H and O–H groups in total. The number of thioether (sulfide) groups is 1. The number of aromatic hydroxyl groups is 1. The molecule has 4 nitrogen and oxygen atoms in total. The van der Waals surface area contributed by atoms with Crippen molar-refractivity contribution in [1.82, 2.24) is 0 Å². The van der Waals surface area contributed by atoms with E-state index in [1.54, 1.807) is 30.3 Å². The molecule has 0 aliphatic heterocycles. The number of nitrogen functional groups attached to an aromatic ring is 1. The van der Waals surface area contributed by atoms with Crippen LogP contribution >= 0.6 is 11.8 Å². The average molecular weight is 311 g/mol. The predicted molar refractivity (Wildman–Crippen MR) is 86.7 cm³/mol. The van der Waals surface area contributed by atoms with Crippen LogP contribution in [0, 0.1) is 0 Å². The maximum absolute atomic E-state index is 12.7. The van der Waals surface area contributed by atoms with E-state index in [0.29, 0.717) is 21.8 Å². The van der Waals surface area contributed by atoms with E-state index in [-0.39, 0.29) is 34.1 Å². The van der Waals surface area contributed by atoms with Gasteiger partial charge in [0, 0.05) is 21.8 Å². The number of phenolic OH excluding ortho intramolecular Hbond substituents is 1. The van der Waals surface area contributed by atoms with E-state index in [1.165, 1.54) is 17.8 Å². The summed E-state index contributed by atoms with van der Waals surface area (Å²) in [6.07, 6.45) is 1.70. The van der Waals surface area contributed by atoms with Crippen LogP contribution in [0.15, 0.2) is 47.9 Å².